The lowest BCUT2D eigenvalue weighted by Gasteiger charge is -2.31. The van der Waals surface area contributed by atoms with E-state index < -0.39 is 6.04 Å². The van der Waals surface area contributed by atoms with Crippen molar-refractivity contribution in [2.45, 2.75) is 25.7 Å². The molecule has 3 aromatic carbocycles. The van der Waals surface area contributed by atoms with Crippen molar-refractivity contribution in [3.05, 3.63) is 108 Å². The molecule has 204 valence electrons. The normalized spacial score (nSPS) is 11.7. The minimum absolute atomic E-state index is 0.0518. The van der Waals surface area contributed by atoms with Crippen LogP contribution in [0.5, 0.6) is 11.5 Å². The van der Waals surface area contributed by atoms with Crippen molar-refractivity contribution in [2.75, 3.05) is 14.2 Å². The van der Waals surface area contributed by atoms with E-state index in [1.807, 2.05) is 54.6 Å². The van der Waals surface area contributed by atoms with Gasteiger partial charge in [0.2, 0.25) is 11.8 Å². The van der Waals surface area contributed by atoms with E-state index in [0.717, 1.165) is 5.56 Å². The van der Waals surface area contributed by atoms with Gasteiger partial charge in [-0.1, -0.05) is 53.7 Å². The lowest BCUT2D eigenvalue weighted by atomic mass is 10.0. The van der Waals surface area contributed by atoms with Crippen LogP contribution in [0.3, 0.4) is 0 Å². The van der Waals surface area contributed by atoms with Gasteiger partial charge in [-0.05, 0) is 47.5 Å². The third-order valence-corrected chi connectivity index (χ3v) is 6.52. The van der Waals surface area contributed by atoms with Gasteiger partial charge in [0.1, 0.15) is 23.9 Å². The van der Waals surface area contributed by atoms with Gasteiger partial charge in [0, 0.05) is 6.54 Å². The van der Waals surface area contributed by atoms with E-state index in [1.54, 1.807) is 30.3 Å². The zero-order chi connectivity index (χ0) is 27.9. The Morgan fingerprint density at radius 1 is 0.950 bits per heavy atom. The molecule has 0 aliphatic carbocycles. The number of fused-ring (bicyclic) bond motifs is 1. The van der Waals surface area contributed by atoms with Gasteiger partial charge in [-0.3, -0.25) is 9.59 Å². The van der Waals surface area contributed by atoms with E-state index in [1.165, 1.54) is 30.1 Å². The molecule has 2 amide bonds. The highest BCUT2D eigenvalue weighted by atomic mass is 16.5. The second-order valence-electron chi connectivity index (χ2n) is 9.06. The van der Waals surface area contributed by atoms with Crippen LogP contribution in [0.25, 0.3) is 11.0 Å². The number of rotatable bonds is 11. The summed E-state index contributed by atoms with van der Waals surface area (Å²) < 4.78 is 18.0. The number of hydrogen-bond acceptors (Lipinski definition) is 7. The number of nitrogens with zero attached hydrogens (tertiary/aromatic N) is 4. The summed E-state index contributed by atoms with van der Waals surface area (Å²) >= 11 is 0. The molecule has 2 heterocycles. The maximum absolute atomic E-state index is 14.0. The smallest absolute Gasteiger partial charge is 0.247 e. The fourth-order valence-corrected chi connectivity index (χ4v) is 4.52. The zero-order valence-corrected chi connectivity index (χ0v) is 22.2. The number of ether oxygens (including phenoxy) is 2. The first kappa shape index (κ1) is 26.5. The van der Waals surface area contributed by atoms with Crippen LogP contribution in [-0.2, 0) is 29.2 Å². The number of carbonyl (C=O) groups excluding carboxylic acids is 2. The van der Waals surface area contributed by atoms with Crippen molar-refractivity contribution in [3.8, 4) is 11.5 Å². The fourth-order valence-electron chi connectivity index (χ4n) is 4.52. The van der Waals surface area contributed by atoms with Gasteiger partial charge in [0.25, 0.3) is 0 Å². The quantitative estimate of drug-likeness (QED) is 0.269. The molecule has 0 unspecified atom stereocenters. The molecule has 0 aliphatic heterocycles. The number of amides is 2. The molecule has 0 saturated heterocycles. The molecule has 0 fully saturated rings. The minimum Gasteiger partial charge on any atom is -0.493 e. The van der Waals surface area contributed by atoms with Crippen LogP contribution in [0.4, 0.5) is 0 Å². The largest absolute Gasteiger partial charge is 0.493 e. The van der Waals surface area contributed by atoms with Gasteiger partial charge in [-0.25, -0.2) is 4.68 Å². The Morgan fingerprint density at radius 3 is 2.48 bits per heavy atom. The molecule has 1 N–H and O–H groups in total. The monoisotopic (exact) mass is 539 g/mol. The van der Waals surface area contributed by atoms with Crippen molar-refractivity contribution in [1.82, 2.24) is 25.2 Å². The van der Waals surface area contributed by atoms with E-state index >= 15 is 0 Å². The zero-order valence-electron chi connectivity index (χ0n) is 22.2. The lowest BCUT2D eigenvalue weighted by molar-refractivity contribution is -0.142. The molecular formula is C30H29N5O5. The topological polar surface area (TPSA) is 112 Å². The Bertz CT molecular complexity index is 1580. The van der Waals surface area contributed by atoms with Crippen molar-refractivity contribution < 1.29 is 23.5 Å². The molecule has 0 bridgehead atoms. The summed E-state index contributed by atoms with van der Waals surface area (Å²) in [6, 6.07) is 24.6. The third kappa shape index (κ3) is 5.80. The maximum Gasteiger partial charge on any atom is 0.247 e. The fraction of sp³-hybridized carbons (Fsp3) is 0.200. The van der Waals surface area contributed by atoms with Crippen LogP contribution in [-0.4, -0.2) is 45.9 Å². The van der Waals surface area contributed by atoms with Crippen LogP contribution in [0, 0.1) is 0 Å². The van der Waals surface area contributed by atoms with Crippen LogP contribution >= 0.6 is 0 Å². The van der Waals surface area contributed by atoms with Crippen LogP contribution in [0.2, 0.25) is 0 Å². The van der Waals surface area contributed by atoms with E-state index in [9.17, 15) is 9.59 Å². The van der Waals surface area contributed by atoms with Gasteiger partial charge in [0.05, 0.1) is 32.5 Å². The number of aromatic nitrogens is 3. The highest BCUT2D eigenvalue weighted by molar-refractivity contribution is 5.89. The van der Waals surface area contributed by atoms with Crippen molar-refractivity contribution in [1.29, 1.82) is 0 Å². The Kier molecular flexibility index (Phi) is 8.05. The second-order valence-corrected chi connectivity index (χ2v) is 9.06. The Balaban J connectivity index is 1.53. The van der Waals surface area contributed by atoms with Gasteiger partial charge in [0.15, 0.2) is 11.5 Å². The summed E-state index contributed by atoms with van der Waals surface area (Å²) in [6.45, 7) is 0.215. The first-order valence-electron chi connectivity index (χ1n) is 12.7. The molecule has 2 aromatic heterocycles. The van der Waals surface area contributed by atoms with E-state index in [2.05, 4.69) is 15.6 Å². The Hall–Kier alpha value is -5.12. The molecule has 5 aromatic rings. The minimum atomic E-state index is -1.02. The van der Waals surface area contributed by atoms with Gasteiger partial charge in [-0.15, -0.1) is 5.10 Å². The first-order valence-corrected chi connectivity index (χ1v) is 12.7. The molecule has 10 nitrogen and oxygen atoms in total. The highest BCUT2D eigenvalue weighted by Crippen LogP contribution is 2.33. The summed E-state index contributed by atoms with van der Waals surface area (Å²) in [5.74, 6) is 0.764. The van der Waals surface area contributed by atoms with E-state index in [-0.39, 0.29) is 24.9 Å². The number of nitrogens with one attached hydrogen (secondary N) is 1. The summed E-state index contributed by atoms with van der Waals surface area (Å²) in [7, 11) is 3.06. The second kappa shape index (κ2) is 12.2. The standard InChI is InChI=1S/C30H29N5O5/c1-38-26-15-14-22(17-27(26)39-2)29(30(37)31-18-21-9-4-3-5-10-21)34(19-23-11-8-16-40-23)28(36)20-35-25-13-7-6-12-24(25)32-33-35/h3-17,29H,18-20H2,1-2H3,(H,31,37)/t29-/m1/s1. The van der Waals surface area contributed by atoms with Crippen molar-refractivity contribution in [3.63, 3.8) is 0 Å². The predicted molar refractivity (Wildman–Crippen MR) is 147 cm³/mol. The summed E-state index contributed by atoms with van der Waals surface area (Å²) in [5.41, 5.74) is 2.86. The average Bonchev–Trinajstić information content (AvgIpc) is 3.66. The van der Waals surface area contributed by atoms with Gasteiger partial charge < -0.3 is 24.1 Å². The lowest BCUT2D eigenvalue weighted by Crippen LogP contribution is -2.44. The number of benzene rings is 3. The molecule has 0 radical (unpaired) electrons. The molecule has 10 heteroatoms. The van der Waals surface area contributed by atoms with Crippen LogP contribution in [0.1, 0.15) is 22.9 Å². The molecule has 5 rings (SSSR count). The molecule has 0 aliphatic rings. The van der Waals surface area contributed by atoms with Crippen molar-refractivity contribution in [2.24, 2.45) is 0 Å². The highest BCUT2D eigenvalue weighted by Gasteiger charge is 2.33. The first-order chi connectivity index (χ1) is 19.6. The van der Waals surface area contributed by atoms with Crippen LogP contribution < -0.4 is 14.8 Å². The molecule has 0 spiro atoms. The van der Waals surface area contributed by atoms with Gasteiger partial charge >= 0.3 is 0 Å². The molecule has 1 atom stereocenters. The number of carbonyl (C=O) groups is 2. The summed E-state index contributed by atoms with van der Waals surface area (Å²) in [5, 5.41) is 11.3. The molecule has 0 saturated carbocycles. The number of methoxy groups -OCH3 is 2. The SMILES string of the molecule is COc1ccc([C@H](C(=O)NCc2ccccc2)N(Cc2ccco2)C(=O)Cn2nnc3ccccc32)cc1OC. The average molecular weight is 540 g/mol. The molecule has 40 heavy (non-hydrogen) atoms. The summed E-state index contributed by atoms with van der Waals surface area (Å²) in [4.78, 5) is 29.4. The molecular weight excluding hydrogens is 510 g/mol. The maximum atomic E-state index is 14.0. The number of furan rings is 1. The summed E-state index contributed by atoms with van der Waals surface area (Å²) in [6.07, 6.45) is 1.53. The van der Waals surface area contributed by atoms with E-state index in [4.69, 9.17) is 13.9 Å². The van der Waals surface area contributed by atoms with Gasteiger partial charge in [-0.2, -0.15) is 0 Å². The number of hydrogen-bond donors (Lipinski definition) is 1. The number of para-hydroxylation sites is 1. The Morgan fingerprint density at radius 2 is 1.73 bits per heavy atom. The predicted octanol–water partition coefficient (Wildman–Crippen LogP) is 4.13. The van der Waals surface area contributed by atoms with E-state index in [0.29, 0.717) is 40.4 Å². The third-order valence-electron chi connectivity index (χ3n) is 6.52. The Labute approximate surface area is 231 Å². The van der Waals surface area contributed by atoms with Crippen molar-refractivity contribution >= 4 is 22.8 Å². The van der Waals surface area contributed by atoms with Crippen LogP contribution in [0.15, 0.2) is 95.6 Å².